The standard InChI is InChI=1S/C26H25N3O2.ClH/c30-26-25-20(8-7-19(21(25)15-27-26)24-5-4-12-31-24)23-14-18-13-17(6-9-22(18)28-23)16-29-10-2-1-3-11-29;/h4-9,12-14,28H,1-3,10-11,15-16H2,(H,27,30);1H. The smallest absolute Gasteiger partial charge is 0.252 e. The number of benzene rings is 2. The minimum atomic E-state index is -0.0251. The minimum absolute atomic E-state index is 0. The molecule has 2 aromatic carbocycles. The van der Waals surface area contributed by atoms with E-state index in [0.717, 1.165) is 45.8 Å². The summed E-state index contributed by atoms with van der Waals surface area (Å²) in [5.74, 6) is 0.765. The summed E-state index contributed by atoms with van der Waals surface area (Å²) in [6.45, 7) is 3.92. The topological polar surface area (TPSA) is 61.3 Å². The third-order valence-corrected chi connectivity index (χ3v) is 6.58. The summed E-state index contributed by atoms with van der Waals surface area (Å²) in [5.41, 5.74) is 7.08. The molecule has 1 saturated heterocycles. The Balaban J connectivity index is 0.00000216. The fraction of sp³-hybridized carbons (Fsp3) is 0.269. The number of hydrogen-bond acceptors (Lipinski definition) is 3. The van der Waals surface area contributed by atoms with Crippen LogP contribution in [-0.4, -0.2) is 28.9 Å². The normalized spacial score (nSPS) is 16.1. The number of carbonyl (C=O) groups is 1. The fourth-order valence-corrected chi connectivity index (χ4v) is 5.04. The van der Waals surface area contributed by atoms with E-state index in [1.165, 1.54) is 43.3 Å². The second-order valence-corrected chi connectivity index (χ2v) is 8.62. The zero-order valence-electron chi connectivity index (χ0n) is 17.8. The lowest BCUT2D eigenvalue weighted by atomic mass is 9.95. The van der Waals surface area contributed by atoms with Crippen molar-refractivity contribution in [3.63, 3.8) is 0 Å². The van der Waals surface area contributed by atoms with E-state index in [-0.39, 0.29) is 18.3 Å². The molecule has 5 nitrogen and oxygen atoms in total. The largest absolute Gasteiger partial charge is 0.464 e. The number of hydrogen-bond donors (Lipinski definition) is 2. The number of likely N-dealkylation sites (tertiary alicyclic amines) is 1. The molecular weight excluding hydrogens is 422 g/mol. The van der Waals surface area contributed by atoms with Gasteiger partial charge in [-0.2, -0.15) is 0 Å². The second-order valence-electron chi connectivity index (χ2n) is 8.62. The molecule has 0 aliphatic carbocycles. The molecule has 164 valence electrons. The average Bonchev–Trinajstić information content (AvgIpc) is 3.54. The summed E-state index contributed by atoms with van der Waals surface area (Å²) in [4.78, 5) is 18.8. The van der Waals surface area contributed by atoms with Crippen LogP contribution in [0, 0.1) is 0 Å². The molecule has 6 rings (SSSR count). The lowest BCUT2D eigenvalue weighted by Crippen LogP contribution is -2.28. The number of amides is 1. The third-order valence-electron chi connectivity index (χ3n) is 6.58. The zero-order valence-corrected chi connectivity index (χ0v) is 18.6. The average molecular weight is 448 g/mol. The van der Waals surface area contributed by atoms with Crippen molar-refractivity contribution in [2.75, 3.05) is 13.1 Å². The van der Waals surface area contributed by atoms with Crippen LogP contribution >= 0.6 is 12.4 Å². The van der Waals surface area contributed by atoms with Crippen molar-refractivity contribution in [1.82, 2.24) is 15.2 Å². The summed E-state index contributed by atoms with van der Waals surface area (Å²) in [5, 5.41) is 4.17. The summed E-state index contributed by atoms with van der Waals surface area (Å²) in [7, 11) is 0. The number of nitrogens with zero attached hydrogens (tertiary/aromatic N) is 1. The van der Waals surface area contributed by atoms with Gasteiger partial charge in [-0.3, -0.25) is 9.69 Å². The van der Waals surface area contributed by atoms with Crippen LogP contribution < -0.4 is 5.32 Å². The number of rotatable bonds is 4. The Morgan fingerprint density at radius 1 is 0.969 bits per heavy atom. The van der Waals surface area contributed by atoms with Crippen LogP contribution in [0.3, 0.4) is 0 Å². The molecule has 1 fully saturated rings. The monoisotopic (exact) mass is 447 g/mol. The van der Waals surface area contributed by atoms with Gasteiger partial charge >= 0.3 is 0 Å². The summed E-state index contributed by atoms with van der Waals surface area (Å²) >= 11 is 0. The van der Waals surface area contributed by atoms with Crippen molar-refractivity contribution in [3.05, 3.63) is 71.5 Å². The highest BCUT2D eigenvalue weighted by atomic mass is 35.5. The van der Waals surface area contributed by atoms with E-state index >= 15 is 0 Å². The number of aromatic nitrogens is 1. The van der Waals surface area contributed by atoms with Gasteiger partial charge in [0.05, 0.1) is 11.8 Å². The molecule has 6 heteroatoms. The fourth-order valence-electron chi connectivity index (χ4n) is 5.04. The Morgan fingerprint density at radius 3 is 2.62 bits per heavy atom. The van der Waals surface area contributed by atoms with Gasteiger partial charge in [-0.05, 0) is 67.4 Å². The molecule has 0 radical (unpaired) electrons. The van der Waals surface area contributed by atoms with Crippen molar-refractivity contribution >= 4 is 29.2 Å². The lowest BCUT2D eigenvalue weighted by molar-refractivity contribution is 0.0966. The van der Waals surface area contributed by atoms with E-state index in [1.807, 2.05) is 18.2 Å². The van der Waals surface area contributed by atoms with Gasteiger partial charge in [0.15, 0.2) is 0 Å². The molecule has 4 aromatic rings. The van der Waals surface area contributed by atoms with Crippen LogP contribution in [0.2, 0.25) is 0 Å². The van der Waals surface area contributed by atoms with Gasteiger partial charge in [0, 0.05) is 40.8 Å². The molecule has 4 heterocycles. The molecule has 0 spiro atoms. The molecule has 2 aromatic heterocycles. The van der Waals surface area contributed by atoms with Crippen molar-refractivity contribution in [2.45, 2.75) is 32.4 Å². The van der Waals surface area contributed by atoms with Crippen LogP contribution in [0.4, 0.5) is 0 Å². The first-order chi connectivity index (χ1) is 15.3. The first-order valence-corrected chi connectivity index (χ1v) is 11.1. The molecule has 2 aliphatic heterocycles. The second kappa shape index (κ2) is 8.49. The number of piperidine rings is 1. The maximum atomic E-state index is 12.7. The maximum Gasteiger partial charge on any atom is 0.252 e. The van der Waals surface area contributed by atoms with Gasteiger partial charge in [-0.25, -0.2) is 0 Å². The van der Waals surface area contributed by atoms with E-state index in [9.17, 15) is 4.79 Å². The Morgan fingerprint density at radius 2 is 1.81 bits per heavy atom. The van der Waals surface area contributed by atoms with E-state index in [0.29, 0.717) is 6.54 Å². The number of H-pyrrole nitrogens is 1. The third kappa shape index (κ3) is 3.61. The van der Waals surface area contributed by atoms with Crippen LogP contribution in [0.25, 0.3) is 33.5 Å². The molecule has 32 heavy (non-hydrogen) atoms. The summed E-state index contributed by atoms with van der Waals surface area (Å²) in [6.07, 6.45) is 5.63. The predicted molar refractivity (Wildman–Crippen MR) is 129 cm³/mol. The lowest BCUT2D eigenvalue weighted by Gasteiger charge is -2.26. The van der Waals surface area contributed by atoms with Gasteiger partial charge in [0.2, 0.25) is 0 Å². The molecule has 0 bridgehead atoms. The quantitative estimate of drug-likeness (QED) is 0.419. The van der Waals surface area contributed by atoms with Gasteiger partial charge < -0.3 is 14.7 Å². The Labute approximate surface area is 193 Å². The Bertz CT molecular complexity index is 1270. The number of nitrogens with one attached hydrogen (secondary N) is 2. The molecule has 2 N–H and O–H groups in total. The highest BCUT2D eigenvalue weighted by Crippen LogP contribution is 2.37. The molecule has 1 amide bonds. The molecule has 2 aliphatic rings. The van der Waals surface area contributed by atoms with E-state index in [4.69, 9.17) is 4.42 Å². The first-order valence-electron chi connectivity index (χ1n) is 11.1. The maximum absolute atomic E-state index is 12.7. The highest BCUT2D eigenvalue weighted by molar-refractivity contribution is 6.06. The van der Waals surface area contributed by atoms with Crippen LogP contribution in [0.5, 0.6) is 0 Å². The molecule has 0 atom stereocenters. The first kappa shape index (κ1) is 20.9. The van der Waals surface area contributed by atoms with Gasteiger partial charge in [0.25, 0.3) is 5.91 Å². The van der Waals surface area contributed by atoms with E-state index in [2.05, 4.69) is 45.5 Å². The number of fused-ring (bicyclic) bond motifs is 2. The van der Waals surface area contributed by atoms with Gasteiger partial charge in [-0.1, -0.05) is 24.6 Å². The molecule has 0 unspecified atom stereocenters. The van der Waals surface area contributed by atoms with Crippen molar-refractivity contribution in [1.29, 1.82) is 0 Å². The van der Waals surface area contributed by atoms with Crippen LogP contribution in [0.15, 0.2) is 59.2 Å². The Hall–Kier alpha value is -3.02. The molecule has 0 saturated carbocycles. The van der Waals surface area contributed by atoms with Gasteiger partial charge in [-0.15, -0.1) is 12.4 Å². The molecular formula is C26H26ClN3O2. The zero-order chi connectivity index (χ0) is 20.8. The van der Waals surface area contributed by atoms with Crippen molar-refractivity contribution in [2.24, 2.45) is 0 Å². The summed E-state index contributed by atoms with van der Waals surface area (Å²) < 4.78 is 5.60. The van der Waals surface area contributed by atoms with Gasteiger partial charge in [0.1, 0.15) is 5.76 Å². The Kier molecular flexibility index (Phi) is 5.53. The predicted octanol–water partition coefficient (Wildman–Crippen LogP) is 5.75. The summed E-state index contributed by atoms with van der Waals surface area (Å²) in [6, 6.07) is 16.7. The number of aromatic amines is 1. The number of halogens is 1. The highest BCUT2D eigenvalue weighted by Gasteiger charge is 2.27. The number of furan rings is 1. The van der Waals surface area contributed by atoms with Crippen molar-refractivity contribution < 1.29 is 9.21 Å². The van der Waals surface area contributed by atoms with E-state index in [1.54, 1.807) is 6.26 Å². The van der Waals surface area contributed by atoms with Crippen LogP contribution in [-0.2, 0) is 13.1 Å². The SMILES string of the molecule is Cl.O=C1NCc2c(-c3ccco3)ccc(-c3cc4cc(CN5CCCCC5)ccc4[nH]3)c21. The number of carbonyl (C=O) groups excluding carboxylic acids is 1. The minimum Gasteiger partial charge on any atom is -0.464 e. The van der Waals surface area contributed by atoms with Crippen molar-refractivity contribution in [3.8, 4) is 22.6 Å². The van der Waals surface area contributed by atoms with Crippen LogP contribution in [0.1, 0.15) is 40.7 Å². The van der Waals surface area contributed by atoms with E-state index < -0.39 is 0 Å².